The van der Waals surface area contributed by atoms with Crippen molar-refractivity contribution in [2.45, 2.75) is 6.92 Å². The first-order valence-electron chi connectivity index (χ1n) is 3.33. The monoisotopic (exact) mass is 153 g/mol. The lowest BCUT2D eigenvalue weighted by atomic mass is 10.2. The molecule has 1 rings (SSSR count). The number of hydrogen-bond donors (Lipinski definition) is 2. The van der Waals surface area contributed by atoms with Gasteiger partial charge in [0.2, 0.25) is 0 Å². The van der Waals surface area contributed by atoms with Crippen LogP contribution in [0.5, 0.6) is 5.75 Å². The Balaban J connectivity index is 3.13. The van der Waals surface area contributed by atoms with E-state index in [-0.39, 0.29) is 0 Å². The average Bonchev–Trinajstić information content (AvgIpc) is 2.04. The first-order chi connectivity index (χ1) is 5.29. The quantitative estimate of drug-likeness (QED) is 0.636. The molecule has 1 aromatic rings. The third-order valence-electron chi connectivity index (χ3n) is 1.54. The predicted octanol–water partition coefficient (Wildman–Crippen LogP) is 1.80. The Morgan fingerprint density at radius 3 is 2.64 bits per heavy atom. The maximum absolute atomic E-state index is 8.64. The molecule has 0 aliphatic rings. The lowest BCUT2D eigenvalue weighted by molar-refractivity contribution is 0.372. The van der Waals surface area contributed by atoms with Gasteiger partial charge in [0.15, 0.2) is 0 Å². The Morgan fingerprint density at radius 1 is 1.45 bits per heavy atom. The zero-order chi connectivity index (χ0) is 8.27. The molecule has 0 aromatic heterocycles. The van der Waals surface area contributed by atoms with Crippen LogP contribution in [0.4, 0.5) is 5.69 Å². The summed E-state index contributed by atoms with van der Waals surface area (Å²) < 4.78 is 5.04. The van der Waals surface area contributed by atoms with Gasteiger partial charge in [-0.2, -0.15) is 0 Å². The Kier molecular flexibility index (Phi) is 2.33. The normalized spacial score (nSPS) is 9.36. The van der Waals surface area contributed by atoms with Gasteiger partial charge >= 0.3 is 0 Å². The van der Waals surface area contributed by atoms with E-state index in [1.165, 1.54) is 0 Å². The van der Waals surface area contributed by atoms with E-state index in [0.29, 0.717) is 11.4 Å². The van der Waals surface area contributed by atoms with Crippen LogP contribution in [-0.4, -0.2) is 12.3 Å². The lowest BCUT2D eigenvalue weighted by Crippen LogP contribution is -1.95. The van der Waals surface area contributed by atoms with Crippen LogP contribution >= 0.6 is 0 Å². The number of aryl methyl sites for hydroxylation is 1. The van der Waals surface area contributed by atoms with Crippen LogP contribution in [0.2, 0.25) is 0 Å². The number of hydrogen-bond acceptors (Lipinski definition) is 3. The van der Waals surface area contributed by atoms with E-state index in [0.717, 1.165) is 5.56 Å². The molecule has 1 aromatic carbocycles. The molecule has 0 unspecified atom stereocenters. The number of rotatable bonds is 2. The molecule has 60 valence electrons. The third kappa shape index (κ3) is 1.43. The summed E-state index contributed by atoms with van der Waals surface area (Å²) in [6.07, 6.45) is 0. The molecule has 0 aliphatic heterocycles. The molecule has 3 nitrogen and oxygen atoms in total. The third-order valence-corrected chi connectivity index (χ3v) is 1.54. The summed E-state index contributed by atoms with van der Waals surface area (Å²) in [5.74, 6) is 0.676. The number of benzene rings is 1. The van der Waals surface area contributed by atoms with Crippen LogP contribution in [0.1, 0.15) is 5.56 Å². The van der Waals surface area contributed by atoms with Gasteiger partial charge in [-0.15, -0.1) is 0 Å². The fraction of sp³-hybridized carbons (Fsp3) is 0.250. The highest BCUT2D eigenvalue weighted by molar-refractivity contribution is 5.58. The summed E-state index contributed by atoms with van der Waals surface area (Å²) in [5.41, 5.74) is 3.64. The van der Waals surface area contributed by atoms with Gasteiger partial charge in [0.1, 0.15) is 11.4 Å². The molecule has 2 N–H and O–H groups in total. The maximum Gasteiger partial charge on any atom is 0.147 e. The topological polar surface area (TPSA) is 41.5 Å². The van der Waals surface area contributed by atoms with Crippen molar-refractivity contribution >= 4 is 5.69 Å². The highest BCUT2D eigenvalue weighted by Gasteiger charge is 2.02. The molecule has 11 heavy (non-hydrogen) atoms. The van der Waals surface area contributed by atoms with Gasteiger partial charge in [-0.25, -0.2) is 0 Å². The Hall–Kier alpha value is -1.22. The minimum absolute atomic E-state index is 0.590. The molecule has 0 saturated carbocycles. The summed E-state index contributed by atoms with van der Waals surface area (Å²) in [6.45, 7) is 1.92. The molecule has 0 fully saturated rings. The second-order valence-electron chi connectivity index (χ2n) is 2.27. The zero-order valence-electron chi connectivity index (χ0n) is 6.59. The van der Waals surface area contributed by atoms with Crippen LogP contribution in [0, 0.1) is 6.92 Å². The zero-order valence-corrected chi connectivity index (χ0v) is 6.59. The number of methoxy groups -OCH3 is 1. The minimum atomic E-state index is 0.590. The molecule has 0 bridgehead atoms. The number of anilines is 1. The molecular formula is C8H11NO2. The van der Waals surface area contributed by atoms with Gasteiger partial charge in [0.25, 0.3) is 0 Å². The van der Waals surface area contributed by atoms with Crippen molar-refractivity contribution in [1.82, 2.24) is 0 Å². The lowest BCUT2D eigenvalue weighted by Gasteiger charge is -2.08. The molecular weight excluding hydrogens is 142 g/mol. The maximum atomic E-state index is 8.64. The highest BCUT2D eigenvalue weighted by atomic mass is 16.5. The van der Waals surface area contributed by atoms with Crippen molar-refractivity contribution in [3.8, 4) is 5.75 Å². The van der Waals surface area contributed by atoms with Crippen LogP contribution in [-0.2, 0) is 0 Å². The molecule has 0 radical (unpaired) electrons. The predicted molar refractivity (Wildman–Crippen MR) is 43.1 cm³/mol. The molecule has 3 heteroatoms. The van der Waals surface area contributed by atoms with Gasteiger partial charge in [0.05, 0.1) is 7.11 Å². The molecule has 0 spiro atoms. The van der Waals surface area contributed by atoms with E-state index in [9.17, 15) is 0 Å². The van der Waals surface area contributed by atoms with Gasteiger partial charge < -0.3 is 4.74 Å². The smallest absolute Gasteiger partial charge is 0.147 e. The molecule has 0 atom stereocenters. The SMILES string of the molecule is COc1c(C)cccc1NO. The molecule has 0 heterocycles. The van der Waals surface area contributed by atoms with Crippen molar-refractivity contribution in [3.05, 3.63) is 23.8 Å². The average molecular weight is 153 g/mol. The van der Waals surface area contributed by atoms with Crippen molar-refractivity contribution in [2.24, 2.45) is 0 Å². The van der Waals surface area contributed by atoms with Crippen molar-refractivity contribution in [1.29, 1.82) is 0 Å². The molecule has 0 aliphatic carbocycles. The number of nitrogens with one attached hydrogen (secondary N) is 1. The number of ether oxygens (including phenoxy) is 1. The van der Waals surface area contributed by atoms with Crippen LogP contribution in [0.3, 0.4) is 0 Å². The fourth-order valence-electron chi connectivity index (χ4n) is 1.01. The van der Waals surface area contributed by atoms with Crippen LogP contribution < -0.4 is 10.2 Å². The molecule has 0 saturated heterocycles. The second-order valence-corrected chi connectivity index (χ2v) is 2.27. The summed E-state index contributed by atoms with van der Waals surface area (Å²) in [4.78, 5) is 0. The van der Waals surface area contributed by atoms with Gasteiger partial charge in [0, 0.05) is 0 Å². The first-order valence-corrected chi connectivity index (χ1v) is 3.33. The number of para-hydroxylation sites is 1. The Morgan fingerprint density at radius 2 is 2.18 bits per heavy atom. The Bertz CT molecular complexity index is 248. The summed E-state index contributed by atoms with van der Waals surface area (Å²) in [7, 11) is 1.57. The van der Waals surface area contributed by atoms with Gasteiger partial charge in [-0.1, -0.05) is 12.1 Å². The van der Waals surface area contributed by atoms with E-state index in [1.807, 2.05) is 19.1 Å². The summed E-state index contributed by atoms with van der Waals surface area (Å²) in [5, 5.41) is 8.64. The van der Waals surface area contributed by atoms with Gasteiger partial charge in [-0.3, -0.25) is 10.7 Å². The fourth-order valence-corrected chi connectivity index (χ4v) is 1.01. The van der Waals surface area contributed by atoms with Gasteiger partial charge in [-0.05, 0) is 18.6 Å². The minimum Gasteiger partial charge on any atom is -0.494 e. The van der Waals surface area contributed by atoms with Crippen LogP contribution in [0.25, 0.3) is 0 Å². The van der Waals surface area contributed by atoms with E-state index in [1.54, 1.807) is 13.2 Å². The van der Waals surface area contributed by atoms with Crippen molar-refractivity contribution in [3.63, 3.8) is 0 Å². The summed E-state index contributed by atoms with van der Waals surface area (Å²) >= 11 is 0. The van der Waals surface area contributed by atoms with E-state index < -0.39 is 0 Å². The highest BCUT2D eigenvalue weighted by Crippen LogP contribution is 2.26. The largest absolute Gasteiger partial charge is 0.494 e. The van der Waals surface area contributed by atoms with Crippen LogP contribution in [0.15, 0.2) is 18.2 Å². The Labute approximate surface area is 65.6 Å². The van der Waals surface area contributed by atoms with E-state index in [4.69, 9.17) is 9.94 Å². The van der Waals surface area contributed by atoms with Crippen molar-refractivity contribution < 1.29 is 9.94 Å². The van der Waals surface area contributed by atoms with E-state index >= 15 is 0 Å². The summed E-state index contributed by atoms with van der Waals surface area (Å²) in [6, 6.07) is 5.50. The van der Waals surface area contributed by atoms with Crippen molar-refractivity contribution in [2.75, 3.05) is 12.6 Å². The standard InChI is InChI=1S/C8H11NO2/c1-6-4-3-5-7(9-10)8(6)11-2/h3-5,9-10H,1-2H3. The first kappa shape index (κ1) is 7.88. The van der Waals surface area contributed by atoms with E-state index in [2.05, 4.69) is 5.48 Å². The molecule has 0 amide bonds. The second kappa shape index (κ2) is 3.25.